The van der Waals surface area contributed by atoms with Gasteiger partial charge in [0.15, 0.2) is 47.8 Å². The zero-order valence-corrected chi connectivity index (χ0v) is 19.1. The first kappa shape index (κ1) is 26.4. The van der Waals surface area contributed by atoms with Gasteiger partial charge < -0.3 is 59.8 Å². The van der Waals surface area contributed by atoms with Crippen LogP contribution in [0, 0.1) is 0 Å². The molecule has 0 radical (unpaired) electrons. The Kier molecular flexibility index (Phi) is 7.14. The van der Waals surface area contributed by atoms with Gasteiger partial charge in [0.25, 0.3) is 0 Å². The number of ketones is 2. The standard InChI is InChI=1S/C23H24O14/c1-7(24)6-34-22-18(32)17(31)19(33)23(37-22)36-21-16(30)14-10(26)4-9(25)5-13(14)35-20(21)8-2-11(27)15(29)12(28)3-8/h2-5,17-23,25-29,31-33H,6H2,1H3. The average Bonchev–Trinajstić information content (AvgIpc) is 2.82. The molecule has 2 aromatic carbocycles. The fraction of sp³-hybridized carbons (Fsp3) is 0.391. The number of Topliss-reactive ketones (excluding diaryl/α,β-unsaturated/α-hetero) is 2. The summed E-state index contributed by atoms with van der Waals surface area (Å²) in [5.74, 6) is -5.21. The van der Waals surface area contributed by atoms with Crippen LogP contribution < -0.4 is 4.74 Å². The van der Waals surface area contributed by atoms with Gasteiger partial charge in [0.2, 0.25) is 5.78 Å². The highest BCUT2D eigenvalue weighted by Crippen LogP contribution is 2.46. The summed E-state index contributed by atoms with van der Waals surface area (Å²) in [7, 11) is 0. The van der Waals surface area contributed by atoms with Crippen molar-refractivity contribution in [3.63, 3.8) is 0 Å². The third kappa shape index (κ3) is 4.98. The predicted octanol–water partition coefficient (Wildman–Crippen LogP) is -0.713. The summed E-state index contributed by atoms with van der Waals surface area (Å²) in [4.78, 5) is 24.7. The first-order valence-corrected chi connectivity index (χ1v) is 10.9. The average molecular weight is 524 g/mol. The quantitative estimate of drug-likeness (QED) is 0.218. The van der Waals surface area contributed by atoms with Gasteiger partial charge in [0, 0.05) is 17.7 Å². The molecule has 0 saturated carbocycles. The maximum Gasteiger partial charge on any atom is 0.203 e. The number of aliphatic hydroxyl groups is 3. The van der Waals surface area contributed by atoms with E-state index in [1.807, 2.05) is 0 Å². The highest BCUT2D eigenvalue weighted by molar-refractivity contribution is 6.05. The number of phenolic OH excluding ortho intramolecular Hbond substituents is 5. The van der Waals surface area contributed by atoms with Crippen molar-refractivity contribution in [1.82, 2.24) is 0 Å². The van der Waals surface area contributed by atoms with Gasteiger partial charge in [-0.1, -0.05) is 0 Å². The van der Waals surface area contributed by atoms with Crippen LogP contribution in [-0.4, -0.2) is 96.0 Å². The molecule has 1 saturated heterocycles. The molecule has 7 unspecified atom stereocenters. The normalized spacial score (nSPS) is 29.4. The zero-order chi connectivity index (χ0) is 27.2. The smallest absolute Gasteiger partial charge is 0.203 e. The minimum atomic E-state index is -1.93. The Morgan fingerprint density at radius 3 is 2.14 bits per heavy atom. The van der Waals surface area contributed by atoms with Gasteiger partial charge >= 0.3 is 0 Å². The number of aliphatic hydroxyl groups excluding tert-OH is 3. The maximum atomic E-state index is 13.4. The number of fused-ring (bicyclic) bond motifs is 1. The van der Waals surface area contributed by atoms with Crippen LogP contribution in [0.25, 0.3) is 0 Å². The molecule has 14 heteroatoms. The largest absolute Gasteiger partial charge is 0.508 e. The van der Waals surface area contributed by atoms with E-state index in [4.69, 9.17) is 18.9 Å². The monoisotopic (exact) mass is 524 g/mol. The molecule has 0 aromatic heterocycles. The van der Waals surface area contributed by atoms with E-state index >= 15 is 0 Å². The highest BCUT2D eigenvalue weighted by atomic mass is 16.8. The molecule has 1 fully saturated rings. The molecular formula is C23H24O14. The van der Waals surface area contributed by atoms with Crippen LogP contribution in [0.5, 0.6) is 34.5 Å². The molecule has 7 atom stereocenters. The van der Waals surface area contributed by atoms with Crippen molar-refractivity contribution in [3.05, 3.63) is 35.4 Å². The fourth-order valence-corrected chi connectivity index (χ4v) is 3.98. The molecule has 0 bridgehead atoms. The zero-order valence-electron chi connectivity index (χ0n) is 19.1. The number of carbonyl (C=O) groups is 2. The second-order valence-corrected chi connectivity index (χ2v) is 8.56. The summed E-state index contributed by atoms with van der Waals surface area (Å²) in [6.45, 7) is 0.684. The number of rotatable bonds is 6. The first-order valence-electron chi connectivity index (χ1n) is 10.9. The molecule has 200 valence electrons. The Balaban J connectivity index is 1.73. The van der Waals surface area contributed by atoms with Crippen molar-refractivity contribution < 1.29 is 69.4 Å². The van der Waals surface area contributed by atoms with Gasteiger partial charge in [0.05, 0.1) is 0 Å². The Bertz CT molecular complexity index is 1190. The Morgan fingerprint density at radius 2 is 1.51 bits per heavy atom. The van der Waals surface area contributed by atoms with E-state index in [1.54, 1.807) is 0 Å². The number of ether oxygens (including phenoxy) is 4. The highest BCUT2D eigenvalue weighted by Gasteiger charge is 2.49. The van der Waals surface area contributed by atoms with Crippen molar-refractivity contribution in [2.45, 2.75) is 50.0 Å². The molecule has 2 aromatic rings. The minimum absolute atomic E-state index is 0.116. The van der Waals surface area contributed by atoms with E-state index < -0.39 is 95.6 Å². The lowest BCUT2D eigenvalue weighted by Crippen LogP contribution is -2.60. The number of hydrogen-bond acceptors (Lipinski definition) is 14. The molecule has 0 amide bonds. The lowest BCUT2D eigenvalue weighted by Gasteiger charge is -2.42. The summed E-state index contributed by atoms with van der Waals surface area (Å²) < 4.78 is 21.9. The molecule has 37 heavy (non-hydrogen) atoms. The SMILES string of the molecule is CC(=O)COC1OC(OC2C(=O)c3c(O)cc(O)cc3OC2c2cc(O)c(O)c(O)c2)C(O)C(O)C1O. The van der Waals surface area contributed by atoms with E-state index in [-0.39, 0.29) is 11.3 Å². The van der Waals surface area contributed by atoms with E-state index in [9.17, 15) is 50.4 Å². The van der Waals surface area contributed by atoms with Gasteiger partial charge in [-0.05, 0) is 19.1 Å². The summed E-state index contributed by atoms with van der Waals surface area (Å²) in [5, 5.41) is 80.6. The van der Waals surface area contributed by atoms with E-state index in [1.165, 1.54) is 6.92 Å². The third-order valence-electron chi connectivity index (χ3n) is 5.78. The Morgan fingerprint density at radius 1 is 0.892 bits per heavy atom. The van der Waals surface area contributed by atoms with Crippen LogP contribution in [-0.2, 0) is 19.0 Å². The van der Waals surface area contributed by atoms with Gasteiger partial charge in [-0.3, -0.25) is 9.59 Å². The van der Waals surface area contributed by atoms with Crippen LogP contribution >= 0.6 is 0 Å². The molecule has 2 aliphatic heterocycles. The second-order valence-electron chi connectivity index (χ2n) is 8.56. The topological polar surface area (TPSA) is 233 Å². The Hall–Kier alpha value is -3.66. The molecule has 2 aliphatic rings. The summed E-state index contributed by atoms with van der Waals surface area (Å²) in [6, 6.07) is 3.79. The van der Waals surface area contributed by atoms with Crippen LogP contribution in [0.2, 0.25) is 0 Å². The molecule has 0 spiro atoms. The van der Waals surface area contributed by atoms with E-state index in [2.05, 4.69) is 0 Å². The van der Waals surface area contributed by atoms with Gasteiger partial charge in [-0.2, -0.15) is 0 Å². The number of benzene rings is 2. The lowest BCUT2D eigenvalue weighted by molar-refractivity contribution is -0.355. The first-order chi connectivity index (χ1) is 17.4. The van der Waals surface area contributed by atoms with Crippen molar-refractivity contribution in [2.24, 2.45) is 0 Å². The van der Waals surface area contributed by atoms with Crippen molar-refractivity contribution in [1.29, 1.82) is 0 Å². The van der Waals surface area contributed by atoms with Gasteiger partial charge in [0.1, 0.15) is 47.7 Å². The van der Waals surface area contributed by atoms with E-state index in [0.29, 0.717) is 0 Å². The molecule has 4 rings (SSSR count). The van der Waals surface area contributed by atoms with Crippen molar-refractivity contribution >= 4 is 11.6 Å². The molecule has 0 aliphatic carbocycles. The molecule has 14 nitrogen and oxygen atoms in total. The number of phenols is 5. The molecule has 8 N–H and O–H groups in total. The summed E-state index contributed by atoms with van der Waals surface area (Å²) >= 11 is 0. The van der Waals surface area contributed by atoms with Crippen LogP contribution in [0.3, 0.4) is 0 Å². The lowest BCUT2D eigenvalue weighted by atomic mass is 9.92. The van der Waals surface area contributed by atoms with Crippen molar-refractivity contribution in [2.75, 3.05) is 6.61 Å². The summed E-state index contributed by atoms with van der Waals surface area (Å²) in [5.41, 5.74) is -0.531. The summed E-state index contributed by atoms with van der Waals surface area (Å²) in [6.07, 6.45) is -12.4. The molecule has 2 heterocycles. The van der Waals surface area contributed by atoms with Gasteiger partial charge in [-0.25, -0.2) is 0 Å². The van der Waals surface area contributed by atoms with Crippen LogP contribution in [0.4, 0.5) is 0 Å². The molecular weight excluding hydrogens is 500 g/mol. The number of aromatic hydroxyl groups is 5. The number of carbonyl (C=O) groups excluding carboxylic acids is 2. The second kappa shape index (κ2) is 10.0. The minimum Gasteiger partial charge on any atom is -0.508 e. The fourth-order valence-electron chi connectivity index (χ4n) is 3.98. The Labute approximate surface area is 208 Å². The van der Waals surface area contributed by atoms with E-state index in [0.717, 1.165) is 24.3 Å². The number of hydrogen-bond donors (Lipinski definition) is 8. The van der Waals surface area contributed by atoms with Crippen LogP contribution in [0.15, 0.2) is 24.3 Å². The predicted molar refractivity (Wildman–Crippen MR) is 117 cm³/mol. The maximum absolute atomic E-state index is 13.4. The third-order valence-corrected chi connectivity index (χ3v) is 5.78. The van der Waals surface area contributed by atoms with Crippen LogP contribution in [0.1, 0.15) is 28.9 Å². The van der Waals surface area contributed by atoms with Crippen molar-refractivity contribution in [3.8, 4) is 34.5 Å². The van der Waals surface area contributed by atoms with Gasteiger partial charge in [-0.15, -0.1) is 0 Å².